The first-order valence-corrected chi connectivity index (χ1v) is 17.9. The van der Waals surface area contributed by atoms with Gasteiger partial charge in [-0.25, -0.2) is 24.5 Å². The SMILES string of the molecule is N[C@H]1N=C(c2ccccc2)c2ccccc2CC1=O.O=C(n1ccnc1)n1ccnc1.O=C1Cc2ccccc2C(c2ccccc2)=N[C@@H]1NC(=O)n1ccnc1. The highest BCUT2D eigenvalue weighted by atomic mass is 16.2. The third-order valence-electron chi connectivity index (χ3n) is 8.98. The Morgan fingerprint density at radius 1 is 0.561 bits per heavy atom. The van der Waals surface area contributed by atoms with Crippen molar-refractivity contribution in [2.45, 2.75) is 25.2 Å². The van der Waals surface area contributed by atoms with Gasteiger partial charge in [0, 0.05) is 72.3 Å². The molecule has 0 radical (unpaired) electrons. The summed E-state index contributed by atoms with van der Waals surface area (Å²) < 4.78 is 4.03. The van der Waals surface area contributed by atoms with Gasteiger partial charge in [0.15, 0.2) is 23.9 Å². The molecule has 7 aromatic rings. The first-order valence-electron chi connectivity index (χ1n) is 17.9. The fourth-order valence-corrected chi connectivity index (χ4v) is 6.15. The predicted octanol–water partition coefficient (Wildman–Crippen LogP) is 4.96. The number of aromatic nitrogens is 6. The molecule has 282 valence electrons. The number of nitrogens with two attached hydrogens (primary N) is 1. The lowest BCUT2D eigenvalue weighted by Gasteiger charge is -2.13. The van der Waals surface area contributed by atoms with Gasteiger partial charge in [0.05, 0.1) is 11.4 Å². The minimum Gasteiger partial charge on any atom is -0.309 e. The van der Waals surface area contributed by atoms with Crippen LogP contribution in [0.4, 0.5) is 9.59 Å². The number of fused-ring (bicyclic) bond motifs is 2. The average Bonchev–Trinajstić information content (AvgIpc) is 4.07. The Bertz CT molecular complexity index is 2490. The van der Waals surface area contributed by atoms with Crippen LogP contribution in [-0.2, 0) is 22.4 Å². The Morgan fingerprint density at radius 2 is 1.00 bits per heavy atom. The molecule has 9 rings (SSSR count). The number of nitrogens with zero attached hydrogens (tertiary/aromatic N) is 8. The summed E-state index contributed by atoms with van der Waals surface area (Å²) in [5.41, 5.74) is 13.0. The van der Waals surface area contributed by atoms with E-state index in [1.54, 1.807) is 24.8 Å². The second-order valence-corrected chi connectivity index (χ2v) is 12.8. The first-order chi connectivity index (χ1) is 27.9. The molecule has 0 aliphatic carbocycles. The quantitative estimate of drug-likeness (QED) is 0.254. The molecule has 5 heterocycles. The summed E-state index contributed by atoms with van der Waals surface area (Å²) in [7, 11) is 0. The highest BCUT2D eigenvalue weighted by Crippen LogP contribution is 2.22. The second-order valence-electron chi connectivity index (χ2n) is 12.8. The number of hydrogen-bond donors (Lipinski definition) is 2. The van der Waals surface area contributed by atoms with Crippen LogP contribution < -0.4 is 11.1 Å². The lowest BCUT2D eigenvalue weighted by atomic mass is 9.96. The zero-order valence-corrected chi connectivity index (χ0v) is 30.4. The van der Waals surface area contributed by atoms with E-state index in [1.807, 2.05) is 109 Å². The zero-order chi connectivity index (χ0) is 39.6. The van der Waals surface area contributed by atoms with Crippen LogP contribution in [0.5, 0.6) is 0 Å². The third-order valence-corrected chi connectivity index (χ3v) is 8.98. The maximum atomic E-state index is 12.7. The third kappa shape index (κ3) is 8.99. The van der Waals surface area contributed by atoms with E-state index in [0.717, 1.165) is 39.1 Å². The van der Waals surface area contributed by atoms with Gasteiger partial charge >= 0.3 is 12.1 Å². The van der Waals surface area contributed by atoms with Crippen LogP contribution in [0.2, 0.25) is 0 Å². The van der Waals surface area contributed by atoms with E-state index in [1.165, 1.54) is 45.1 Å². The first kappa shape index (κ1) is 37.6. The Morgan fingerprint density at radius 3 is 1.49 bits per heavy atom. The number of aliphatic imine (C=N–C) groups is 2. The average molecular weight is 757 g/mol. The molecule has 0 saturated carbocycles. The minimum atomic E-state index is -0.951. The number of carbonyl (C=O) groups excluding carboxylic acids is 4. The monoisotopic (exact) mass is 756 g/mol. The summed E-state index contributed by atoms with van der Waals surface area (Å²) >= 11 is 0. The van der Waals surface area contributed by atoms with Crippen molar-refractivity contribution in [3.63, 3.8) is 0 Å². The van der Waals surface area contributed by atoms with Crippen LogP contribution in [0, 0.1) is 0 Å². The largest absolute Gasteiger partial charge is 0.338 e. The highest BCUT2D eigenvalue weighted by Gasteiger charge is 2.27. The molecular weight excluding hydrogens is 721 g/mol. The molecule has 0 spiro atoms. The van der Waals surface area contributed by atoms with E-state index in [2.05, 4.69) is 30.3 Å². The topological polar surface area (TPSA) is 185 Å². The number of Topliss-reactive ketones (excluding diaryl/α,β-unsaturated/α-hetero) is 2. The molecule has 14 heteroatoms. The summed E-state index contributed by atoms with van der Waals surface area (Å²) in [6, 6.07) is 34.4. The molecule has 3 N–H and O–H groups in total. The molecule has 1 amide bonds. The fraction of sp³-hybridized carbons (Fsp3) is 0.0930. The number of rotatable bonds is 3. The minimum absolute atomic E-state index is 0.0432. The van der Waals surface area contributed by atoms with Gasteiger partial charge in [-0.15, -0.1) is 0 Å². The maximum Gasteiger partial charge on any atom is 0.338 e. The Hall–Kier alpha value is -7.71. The molecular formula is C43H36N10O4. The van der Waals surface area contributed by atoms with E-state index >= 15 is 0 Å². The summed E-state index contributed by atoms with van der Waals surface area (Å²) in [5, 5.41) is 2.69. The Labute approximate surface area is 327 Å². The molecule has 0 bridgehead atoms. The van der Waals surface area contributed by atoms with Crippen LogP contribution in [0.25, 0.3) is 0 Å². The normalized spacial score (nSPS) is 15.7. The van der Waals surface area contributed by atoms with Crippen molar-refractivity contribution in [1.82, 2.24) is 34.0 Å². The second kappa shape index (κ2) is 17.6. The lowest BCUT2D eigenvalue weighted by molar-refractivity contribution is -0.120. The van der Waals surface area contributed by atoms with E-state index in [4.69, 9.17) is 5.73 Å². The number of nitrogens with one attached hydrogen (secondary N) is 1. The van der Waals surface area contributed by atoms with Gasteiger partial charge in [-0.05, 0) is 11.1 Å². The molecule has 2 atom stereocenters. The molecule has 57 heavy (non-hydrogen) atoms. The Kier molecular flexibility index (Phi) is 11.6. The van der Waals surface area contributed by atoms with Crippen LogP contribution in [0.1, 0.15) is 33.4 Å². The smallest absolute Gasteiger partial charge is 0.309 e. The molecule has 4 aromatic carbocycles. The summed E-state index contributed by atoms with van der Waals surface area (Å²) in [4.78, 5) is 68.8. The van der Waals surface area contributed by atoms with Crippen molar-refractivity contribution in [3.05, 3.63) is 199 Å². The van der Waals surface area contributed by atoms with Gasteiger partial charge in [-0.3, -0.25) is 33.3 Å². The van der Waals surface area contributed by atoms with Crippen molar-refractivity contribution < 1.29 is 19.2 Å². The van der Waals surface area contributed by atoms with Gasteiger partial charge in [-0.1, -0.05) is 109 Å². The van der Waals surface area contributed by atoms with Gasteiger partial charge < -0.3 is 11.1 Å². The number of carbonyl (C=O) groups is 4. The molecule has 0 unspecified atom stereocenters. The van der Waals surface area contributed by atoms with Crippen LogP contribution in [0.15, 0.2) is 175 Å². The molecule has 0 fully saturated rings. The molecule has 2 aliphatic rings. The van der Waals surface area contributed by atoms with E-state index in [-0.39, 0.29) is 24.0 Å². The molecule has 14 nitrogen and oxygen atoms in total. The van der Waals surface area contributed by atoms with Crippen LogP contribution in [-0.4, -0.2) is 76.0 Å². The van der Waals surface area contributed by atoms with Gasteiger partial charge in [0.25, 0.3) is 0 Å². The number of benzene rings is 4. The molecule has 0 saturated heterocycles. The maximum absolute atomic E-state index is 12.7. The van der Waals surface area contributed by atoms with Gasteiger partial charge in [0.2, 0.25) is 0 Å². The van der Waals surface area contributed by atoms with Crippen molar-refractivity contribution in [3.8, 4) is 0 Å². The van der Waals surface area contributed by atoms with Crippen molar-refractivity contribution in [2.24, 2.45) is 15.7 Å². The Balaban J connectivity index is 0.000000140. The van der Waals surface area contributed by atoms with E-state index in [0.29, 0.717) is 12.1 Å². The number of imidazole rings is 3. The molecule has 3 aromatic heterocycles. The highest BCUT2D eigenvalue weighted by molar-refractivity contribution is 6.17. The predicted molar refractivity (Wildman–Crippen MR) is 213 cm³/mol. The summed E-state index contributed by atoms with van der Waals surface area (Å²) in [6.45, 7) is 0. The molecule has 2 aliphatic heterocycles. The van der Waals surface area contributed by atoms with E-state index in [9.17, 15) is 19.2 Å². The van der Waals surface area contributed by atoms with Crippen LogP contribution >= 0.6 is 0 Å². The van der Waals surface area contributed by atoms with E-state index < -0.39 is 18.4 Å². The standard InChI is InChI=1S/C20H16N4O2.C16H14N2O.C7H6N4O/c25-17-12-15-8-4-5-9-16(15)18(14-6-2-1-3-7-14)22-19(17)23-20(26)24-11-10-21-13-24;17-16-14(19)10-12-8-4-5-9-13(12)15(18-16)11-6-2-1-3-7-11;12-7(10-3-1-8-5-10)11-4-2-9-6-11/h1-11,13,19H,12H2,(H,23,26);1-9,16H,10,17H2;1-6H/t19-;16-;/m10./s1. The number of hydrogen-bond acceptors (Lipinski definition) is 10. The van der Waals surface area contributed by atoms with Crippen molar-refractivity contribution >= 4 is 35.1 Å². The summed E-state index contributed by atoms with van der Waals surface area (Å²) in [6.07, 6.45) is 12.4. The lowest BCUT2D eigenvalue weighted by Crippen LogP contribution is -2.42. The summed E-state index contributed by atoms with van der Waals surface area (Å²) in [5.74, 6) is -0.199. The zero-order valence-electron chi connectivity index (χ0n) is 30.4. The van der Waals surface area contributed by atoms with Gasteiger partial charge in [-0.2, -0.15) is 0 Å². The van der Waals surface area contributed by atoms with Crippen LogP contribution in [0.3, 0.4) is 0 Å². The van der Waals surface area contributed by atoms with Gasteiger partial charge in [0.1, 0.15) is 19.0 Å². The van der Waals surface area contributed by atoms with Crippen molar-refractivity contribution in [1.29, 1.82) is 0 Å². The fourth-order valence-electron chi connectivity index (χ4n) is 6.15. The number of ketones is 2. The number of amides is 1. The van der Waals surface area contributed by atoms with Crippen molar-refractivity contribution in [2.75, 3.05) is 0 Å².